The molecule has 0 radical (unpaired) electrons. The van der Waals surface area contributed by atoms with Gasteiger partial charge < -0.3 is 55.4 Å². The molecule has 4 amide bonds. The number of ether oxygens (including phenoxy) is 4. The van der Waals surface area contributed by atoms with Gasteiger partial charge in [0, 0.05) is 141 Å². The summed E-state index contributed by atoms with van der Waals surface area (Å²) in [6.07, 6.45) is 3.90. The SMILES string of the molecule is C[C@@H]1CN([C@H]2Cc3c(Cl)cc(Cl)cc3[C@@H]2Oc2ccc([S+]([O-])N[C@H]3CCN(CCOCCNC(=O)NCCCCNC(=O)NCCOCCN4CC[C@H](NS(=O)(=O)c5ccc(O[C@H]6c7cc(Cl)cc(Cl)c7C[C@@H]6N6CCN[C@H](C)C6)cc5)C4)C3)cc2)CCN1. The monoisotopic (exact) mass is 1350 g/mol. The van der Waals surface area contributed by atoms with Crippen molar-refractivity contribution in [2.45, 2.75) is 111 Å². The van der Waals surface area contributed by atoms with E-state index in [-0.39, 0.29) is 53.3 Å². The number of likely N-dealkylation sites (tertiary alicyclic amines) is 2. The number of fused-ring (bicyclic) bond motifs is 2. The highest BCUT2D eigenvalue weighted by atomic mass is 35.5. The summed E-state index contributed by atoms with van der Waals surface area (Å²) < 4.78 is 71.5. The van der Waals surface area contributed by atoms with Crippen LogP contribution in [0.15, 0.2) is 82.6 Å². The Morgan fingerprint density at radius 2 is 1.07 bits per heavy atom. The zero-order valence-electron chi connectivity index (χ0n) is 50.7. The van der Waals surface area contributed by atoms with E-state index in [1.165, 1.54) is 0 Å². The Kier molecular flexibility index (Phi) is 25.0. The van der Waals surface area contributed by atoms with Crippen molar-refractivity contribution in [1.82, 2.24) is 60.9 Å². The summed E-state index contributed by atoms with van der Waals surface area (Å²) in [4.78, 5) is 34.9. The molecule has 89 heavy (non-hydrogen) atoms. The van der Waals surface area contributed by atoms with Crippen LogP contribution in [0.3, 0.4) is 0 Å². The van der Waals surface area contributed by atoms with Gasteiger partial charge in [-0.3, -0.25) is 19.6 Å². The number of carbonyl (C=O) groups is 2. The van der Waals surface area contributed by atoms with E-state index in [2.05, 4.69) is 74.8 Å². The molecule has 27 heteroatoms. The average molecular weight is 1350 g/mol. The van der Waals surface area contributed by atoms with Gasteiger partial charge in [0.05, 0.1) is 60.8 Å². The summed E-state index contributed by atoms with van der Waals surface area (Å²) in [6.45, 7) is 17.4. The molecule has 488 valence electrons. The summed E-state index contributed by atoms with van der Waals surface area (Å²) in [6, 6.07) is 21.7. The van der Waals surface area contributed by atoms with Gasteiger partial charge in [-0.2, -0.15) is 0 Å². The number of nitrogens with zero attached hydrogens (tertiary/aromatic N) is 4. The fraction of sp³-hybridized carbons (Fsp3) is 0.581. The van der Waals surface area contributed by atoms with Crippen LogP contribution < -0.4 is 50.8 Å². The second-order valence-corrected chi connectivity index (χ2v) is 28.7. The minimum Gasteiger partial charge on any atom is -0.593 e. The van der Waals surface area contributed by atoms with Gasteiger partial charge in [0.25, 0.3) is 0 Å². The summed E-state index contributed by atoms with van der Waals surface area (Å²) in [5.74, 6) is 1.26. The standard InChI is InChI=1S/C62H86Cl4N12O9S2/c1-41-37-77(23-17-67-41)57-35-51-53(31-43(63)33-55(51)65)59(57)86-47-5-9-49(10-6-47)88(81)73-45-13-21-75(39-45)25-29-84-27-19-71-61(79)69-15-3-4-16-70-62(80)72-20-28-85-30-26-76-22-14-46(40-76)74-89(82,83)50-11-7-48(8-12-50)87-60-54-32-44(64)34-56(66)52(54)36-58(60)78-24-18-68-42(2)38-78/h5-12,31-34,41-42,45-46,57-60,67-68,73-74H,3-4,13-30,35-40H2,1-2H3,(H2,69,71,79)(H2,70,72,80)/t41-,42-,45+,46+,57+,58+,59+,60+,88?/m1/s1. The number of benzene rings is 4. The van der Waals surface area contributed by atoms with E-state index in [0.29, 0.717) is 134 Å². The molecule has 6 aliphatic rings. The van der Waals surface area contributed by atoms with E-state index in [1.807, 2.05) is 36.4 Å². The molecule has 4 aliphatic heterocycles. The number of amides is 4. The van der Waals surface area contributed by atoms with Crippen molar-refractivity contribution in [1.29, 1.82) is 0 Å². The molecule has 8 N–H and O–H groups in total. The Labute approximate surface area is 547 Å². The molecule has 10 rings (SSSR count). The number of nitrogens with one attached hydrogen (secondary N) is 8. The molecule has 4 heterocycles. The van der Waals surface area contributed by atoms with Crippen LogP contribution in [0.2, 0.25) is 20.1 Å². The largest absolute Gasteiger partial charge is 0.593 e. The number of halogens is 4. The molecule has 4 saturated heterocycles. The first-order valence-electron chi connectivity index (χ1n) is 31.3. The Morgan fingerprint density at radius 3 is 1.56 bits per heavy atom. The average Bonchev–Trinajstić information content (AvgIpc) is 1.66. The number of sulfonamides is 1. The van der Waals surface area contributed by atoms with Crippen LogP contribution in [0.4, 0.5) is 9.59 Å². The topological polar surface area (TPSA) is 237 Å². The fourth-order valence-corrected chi connectivity index (χ4v) is 16.4. The lowest BCUT2D eigenvalue weighted by Gasteiger charge is -2.38. The van der Waals surface area contributed by atoms with Crippen molar-refractivity contribution in [2.75, 3.05) is 131 Å². The molecule has 21 nitrogen and oxygen atoms in total. The smallest absolute Gasteiger partial charge is 0.314 e. The maximum Gasteiger partial charge on any atom is 0.314 e. The minimum absolute atomic E-state index is 0.0594. The van der Waals surface area contributed by atoms with Crippen LogP contribution in [-0.2, 0) is 43.7 Å². The predicted molar refractivity (Wildman–Crippen MR) is 349 cm³/mol. The Balaban J connectivity index is 0.515. The van der Waals surface area contributed by atoms with Gasteiger partial charge in [0.2, 0.25) is 10.0 Å². The second kappa shape index (κ2) is 32.7. The number of carbonyl (C=O) groups excluding carboxylic acids is 2. The highest BCUT2D eigenvalue weighted by Crippen LogP contribution is 2.45. The molecule has 1 unspecified atom stereocenters. The third kappa shape index (κ3) is 19.1. The van der Waals surface area contributed by atoms with Gasteiger partial charge in [0.15, 0.2) is 4.90 Å². The predicted octanol–water partition coefficient (Wildman–Crippen LogP) is 6.13. The molecule has 4 aromatic rings. The molecule has 9 atom stereocenters. The Hall–Kier alpha value is -3.96. The summed E-state index contributed by atoms with van der Waals surface area (Å²) in [5, 5.41) is 20.8. The molecule has 2 aliphatic carbocycles. The summed E-state index contributed by atoms with van der Waals surface area (Å²) in [7, 11) is -3.78. The van der Waals surface area contributed by atoms with E-state index in [0.717, 1.165) is 107 Å². The van der Waals surface area contributed by atoms with Crippen molar-refractivity contribution in [3.05, 3.63) is 115 Å². The Bertz CT molecular complexity index is 3100. The minimum atomic E-state index is -3.78. The van der Waals surface area contributed by atoms with Gasteiger partial charge in [0.1, 0.15) is 23.7 Å². The van der Waals surface area contributed by atoms with E-state index >= 15 is 0 Å². The van der Waals surface area contributed by atoms with Crippen molar-refractivity contribution < 1.29 is 41.5 Å². The van der Waals surface area contributed by atoms with Crippen LogP contribution >= 0.6 is 46.4 Å². The number of unbranched alkanes of at least 4 members (excludes halogenated alkanes) is 1. The first kappa shape index (κ1) is 67.9. The third-order valence-corrected chi connectivity index (χ3v) is 21.3. The second-order valence-electron chi connectivity index (χ2n) is 24.1. The number of hydrogen-bond acceptors (Lipinski definition) is 16. The molecular weight excluding hydrogens is 1260 g/mol. The van der Waals surface area contributed by atoms with Crippen LogP contribution in [0.1, 0.15) is 74.0 Å². The van der Waals surface area contributed by atoms with Crippen molar-refractivity contribution >= 4 is 79.9 Å². The lowest BCUT2D eigenvalue weighted by Crippen LogP contribution is -2.54. The van der Waals surface area contributed by atoms with Gasteiger partial charge >= 0.3 is 12.1 Å². The first-order chi connectivity index (χ1) is 43.0. The van der Waals surface area contributed by atoms with Crippen LogP contribution in [0.25, 0.3) is 0 Å². The van der Waals surface area contributed by atoms with Crippen molar-refractivity contribution in [3.63, 3.8) is 0 Å². The lowest BCUT2D eigenvalue weighted by molar-refractivity contribution is 0.0594. The zero-order valence-corrected chi connectivity index (χ0v) is 55.4. The van der Waals surface area contributed by atoms with Gasteiger partial charge in [-0.25, -0.2) is 22.7 Å². The number of hydrogen-bond donors (Lipinski definition) is 8. The first-order valence-corrected chi connectivity index (χ1v) is 35.4. The van der Waals surface area contributed by atoms with Crippen LogP contribution in [-0.4, -0.2) is 212 Å². The molecule has 0 spiro atoms. The highest BCUT2D eigenvalue weighted by molar-refractivity contribution is 7.89. The third-order valence-electron chi connectivity index (χ3n) is 17.4. The van der Waals surface area contributed by atoms with Crippen molar-refractivity contribution in [3.8, 4) is 11.5 Å². The van der Waals surface area contributed by atoms with Gasteiger partial charge in [-0.1, -0.05) is 46.4 Å². The zero-order chi connectivity index (χ0) is 62.4. The normalized spacial score (nSPS) is 24.5. The van der Waals surface area contributed by atoms with Crippen LogP contribution in [0, 0.1) is 0 Å². The Morgan fingerprint density at radius 1 is 0.607 bits per heavy atom. The molecule has 4 aromatic carbocycles. The summed E-state index contributed by atoms with van der Waals surface area (Å²) in [5.41, 5.74) is 4.10. The van der Waals surface area contributed by atoms with Crippen molar-refractivity contribution in [2.24, 2.45) is 0 Å². The summed E-state index contributed by atoms with van der Waals surface area (Å²) >= 11 is 24.9. The molecule has 0 aromatic heterocycles. The number of urea groups is 2. The van der Waals surface area contributed by atoms with E-state index in [1.54, 1.807) is 36.4 Å². The fourth-order valence-electron chi connectivity index (χ4n) is 12.9. The number of rotatable bonds is 29. The maximum absolute atomic E-state index is 13.5. The quantitative estimate of drug-likeness (QED) is 0.0226. The van der Waals surface area contributed by atoms with Gasteiger partial charge in [-0.05, 0) is 149 Å². The molecular formula is C62H86Cl4N12O9S2. The lowest BCUT2D eigenvalue weighted by atomic mass is 10.1. The van der Waals surface area contributed by atoms with E-state index in [4.69, 9.17) is 65.4 Å². The number of piperazine rings is 2. The van der Waals surface area contributed by atoms with E-state index in [9.17, 15) is 22.6 Å². The van der Waals surface area contributed by atoms with Gasteiger partial charge in [-0.15, -0.1) is 4.72 Å². The highest BCUT2D eigenvalue weighted by Gasteiger charge is 2.43. The maximum atomic E-state index is 13.5. The molecule has 0 bridgehead atoms. The molecule has 0 saturated carbocycles. The van der Waals surface area contributed by atoms with E-state index < -0.39 is 21.4 Å². The molecule has 4 fully saturated rings. The van der Waals surface area contributed by atoms with Crippen LogP contribution in [0.5, 0.6) is 11.5 Å².